The Balaban J connectivity index is 1.95. The van der Waals surface area contributed by atoms with Crippen molar-refractivity contribution in [1.29, 1.82) is 0 Å². The van der Waals surface area contributed by atoms with E-state index in [0.717, 1.165) is 59.8 Å². The van der Waals surface area contributed by atoms with Gasteiger partial charge in [-0.25, -0.2) is 0 Å². The lowest BCUT2D eigenvalue weighted by Gasteiger charge is -2.19. The number of rotatable bonds is 11. The maximum absolute atomic E-state index is 9.82. The number of hydrogen-bond donors (Lipinski definition) is 1. The number of allylic oxidation sites excluding steroid dienone is 1. The molecule has 4 heteroatoms. The maximum Gasteiger partial charge on any atom is 0.119 e. The molecule has 0 atom stereocenters. The molecule has 0 aliphatic rings. The Hall–Kier alpha value is -3.24. The minimum atomic E-state index is 0.262. The number of phenolic OH excluding ortho intramolecular Hbond substituents is 1. The molecule has 0 unspecified atom stereocenters. The number of methoxy groups -OCH3 is 1. The van der Waals surface area contributed by atoms with Crippen molar-refractivity contribution in [1.82, 2.24) is 4.90 Å². The van der Waals surface area contributed by atoms with Gasteiger partial charge in [0.25, 0.3) is 0 Å². The first-order valence-electron chi connectivity index (χ1n) is 11.7. The zero-order chi connectivity index (χ0) is 23.6. The molecule has 3 aromatic rings. The quantitative estimate of drug-likeness (QED) is 0.343. The maximum atomic E-state index is 9.82. The van der Waals surface area contributed by atoms with Crippen LogP contribution in [0.25, 0.3) is 11.1 Å². The molecule has 0 spiro atoms. The van der Waals surface area contributed by atoms with Crippen LogP contribution in [0.4, 0.5) is 0 Å². The van der Waals surface area contributed by atoms with Crippen molar-refractivity contribution in [2.24, 2.45) is 0 Å². The van der Waals surface area contributed by atoms with Crippen LogP contribution in [0, 0.1) is 0 Å². The van der Waals surface area contributed by atoms with E-state index in [1.54, 1.807) is 19.2 Å². The number of nitrogens with zero attached hydrogens (tertiary/aromatic N) is 1. The van der Waals surface area contributed by atoms with Gasteiger partial charge in [-0.3, -0.25) is 0 Å². The Kier molecular flexibility index (Phi) is 8.96. The van der Waals surface area contributed by atoms with Gasteiger partial charge >= 0.3 is 0 Å². The van der Waals surface area contributed by atoms with Crippen LogP contribution in [0.3, 0.4) is 0 Å². The van der Waals surface area contributed by atoms with Crippen LogP contribution in [0.5, 0.6) is 17.2 Å². The second-order valence-corrected chi connectivity index (χ2v) is 7.88. The van der Waals surface area contributed by atoms with E-state index in [9.17, 15) is 5.11 Å². The minimum absolute atomic E-state index is 0.262. The fourth-order valence-corrected chi connectivity index (χ4v) is 4.01. The Labute approximate surface area is 198 Å². The number of aromatic hydroxyl groups is 1. The van der Waals surface area contributed by atoms with Crippen molar-refractivity contribution >= 4 is 11.1 Å². The molecule has 1 N–H and O–H groups in total. The highest BCUT2D eigenvalue weighted by Gasteiger charge is 2.14. The minimum Gasteiger partial charge on any atom is -0.508 e. The summed E-state index contributed by atoms with van der Waals surface area (Å²) < 4.78 is 11.3. The van der Waals surface area contributed by atoms with Crippen molar-refractivity contribution in [3.8, 4) is 17.2 Å². The van der Waals surface area contributed by atoms with Crippen LogP contribution >= 0.6 is 0 Å². The van der Waals surface area contributed by atoms with E-state index in [1.165, 1.54) is 5.57 Å². The molecular formula is C29H35NO3. The first kappa shape index (κ1) is 24.4. The summed E-state index contributed by atoms with van der Waals surface area (Å²) in [6.45, 7) is 10.2. The van der Waals surface area contributed by atoms with Gasteiger partial charge < -0.3 is 19.5 Å². The van der Waals surface area contributed by atoms with Crippen molar-refractivity contribution < 1.29 is 14.6 Å². The zero-order valence-electron chi connectivity index (χ0n) is 20.2. The number of benzene rings is 3. The van der Waals surface area contributed by atoms with E-state index in [4.69, 9.17) is 9.47 Å². The zero-order valence-corrected chi connectivity index (χ0v) is 20.2. The molecule has 3 rings (SSSR count). The molecule has 0 heterocycles. The van der Waals surface area contributed by atoms with Gasteiger partial charge in [0.1, 0.15) is 23.9 Å². The fraction of sp³-hybridized carbons (Fsp3) is 0.310. The van der Waals surface area contributed by atoms with Gasteiger partial charge in [-0.15, -0.1) is 0 Å². The van der Waals surface area contributed by atoms with Gasteiger partial charge in [-0.2, -0.15) is 0 Å². The summed E-state index contributed by atoms with van der Waals surface area (Å²) in [5, 5.41) is 9.82. The standard InChI is InChI=1S/C29H35NO3/c1-5-28(22-10-16-26(32-4)17-11-22)29(23-8-14-25(31)15-9-23)24-12-18-27(19-13-24)33-21-20-30(6-2)7-3/h8-19,31H,5-7,20-21H2,1-4H3. The Morgan fingerprint density at radius 2 is 1.24 bits per heavy atom. The third-order valence-corrected chi connectivity index (χ3v) is 5.96. The topological polar surface area (TPSA) is 41.9 Å². The van der Waals surface area contributed by atoms with Crippen LogP contribution < -0.4 is 9.47 Å². The number of likely N-dealkylation sites (N-methyl/N-ethyl adjacent to an activating group) is 1. The van der Waals surface area contributed by atoms with Gasteiger partial charge in [0, 0.05) is 6.54 Å². The third kappa shape index (κ3) is 6.39. The second-order valence-electron chi connectivity index (χ2n) is 7.88. The Bertz CT molecular complexity index is 1020. The van der Waals surface area contributed by atoms with E-state index in [2.05, 4.69) is 49.9 Å². The molecule has 0 aliphatic heterocycles. The first-order chi connectivity index (χ1) is 16.1. The summed E-state index contributed by atoms with van der Waals surface area (Å²) in [7, 11) is 1.68. The second kappa shape index (κ2) is 12.1. The van der Waals surface area contributed by atoms with E-state index < -0.39 is 0 Å². The molecule has 0 fully saturated rings. The predicted octanol–water partition coefficient (Wildman–Crippen LogP) is 6.49. The summed E-state index contributed by atoms with van der Waals surface area (Å²) in [5.74, 6) is 1.97. The van der Waals surface area contributed by atoms with Crippen molar-refractivity contribution in [2.45, 2.75) is 27.2 Å². The summed E-state index contributed by atoms with van der Waals surface area (Å²) >= 11 is 0. The molecule has 4 nitrogen and oxygen atoms in total. The molecule has 0 saturated carbocycles. The largest absolute Gasteiger partial charge is 0.508 e. The lowest BCUT2D eigenvalue weighted by atomic mass is 9.88. The van der Waals surface area contributed by atoms with Gasteiger partial charge in [-0.05, 0) is 83.7 Å². The smallest absolute Gasteiger partial charge is 0.119 e. The Morgan fingerprint density at radius 1 is 0.727 bits per heavy atom. The number of hydrogen-bond acceptors (Lipinski definition) is 4. The van der Waals surface area contributed by atoms with Gasteiger partial charge in [0.05, 0.1) is 7.11 Å². The summed E-state index contributed by atoms with van der Waals surface area (Å²) in [4.78, 5) is 2.35. The number of ether oxygens (including phenoxy) is 2. The van der Waals surface area contributed by atoms with E-state index >= 15 is 0 Å². The summed E-state index contributed by atoms with van der Waals surface area (Å²) in [6.07, 6.45) is 0.866. The molecule has 0 aliphatic carbocycles. The molecule has 0 aromatic heterocycles. The van der Waals surface area contributed by atoms with E-state index in [0.29, 0.717) is 6.61 Å². The van der Waals surface area contributed by atoms with E-state index in [1.807, 2.05) is 36.4 Å². The van der Waals surface area contributed by atoms with E-state index in [-0.39, 0.29) is 5.75 Å². The highest BCUT2D eigenvalue weighted by atomic mass is 16.5. The molecule has 0 saturated heterocycles. The average Bonchev–Trinajstić information content (AvgIpc) is 2.86. The molecule has 3 aromatic carbocycles. The van der Waals surface area contributed by atoms with Gasteiger partial charge in [0.15, 0.2) is 0 Å². The molecular weight excluding hydrogens is 410 g/mol. The van der Waals surface area contributed by atoms with Crippen LogP contribution in [-0.2, 0) is 0 Å². The highest BCUT2D eigenvalue weighted by molar-refractivity contribution is 5.98. The van der Waals surface area contributed by atoms with Crippen molar-refractivity contribution in [3.63, 3.8) is 0 Å². The predicted molar refractivity (Wildman–Crippen MR) is 137 cm³/mol. The van der Waals surface area contributed by atoms with Crippen molar-refractivity contribution in [3.05, 3.63) is 89.5 Å². The van der Waals surface area contributed by atoms with Crippen LogP contribution in [0.1, 0.15) is 43.9 Å². The lowest BCUT2D eigenvalue weighted by Crippen LogP contribution is -2.27. The molecule has 0 amide bonds. The third-order valence-electron chi connectivity index (χ3n) is 5.96. The fourth-order valence-electron chi connectivity index (χ4n) is 4.01. The summed E-state index contributed by atoms with van der Waals surface area (Å²) in [5.41, 5.74) is 5.72. The SMILES string of the molecule is CCC(=C(c1ccc(O)cc1)c1ccc(OCCN(CC)CC)cc1)c1ccc(OC)cc1. The average molecular weight is 446 g/mol. The van der Waals surface area contributed by atoms with Crippen LogP contribution in [-0.4, -0.2) is 43.4 Å². The van der Waals surface area contributed by atoms with Gasteiger partial charge in [-0.1, -0.05) is 57.2 Å². The first-order valence-corrected chi connectivity index (χ1v) is 11.7. The Morgan fingerprint density at radius 3 is 1.76 bits per heavy atom. The number of phenols is 1. The molecule has 0 radical (unpaired) electrons. The lowest BCUT2D eigenvalue weighted by molar-refractivity contribution is 0.223. The van der Waals surface area contributed by atoms with Crippen LogP contribution in [0.2, 0.25) is 0 Å². The van der Waals surface area contributed by atoms with Gasteiger partial charge in [0.2, 0.25) is 0 Å². The van der Waals surface area contributed by atoms with Crippen molar-refractivity contribution in [2.75, 3.05) is 33.4 Å². The highest BCUT2D eigenvalue weighted by Crippen LogP contribution is 2.36. The normalized spacial score (nSPS) is 11.9. The summed E-state index contributed by atoms with van der Waals surface area (Å²) in [6, 6.07) is 23.9. The molecule has 0 bridgehead atoms. The molecule has 33 heavy (non-hydrogen) atoms. The van der Waals surface area contributed by atoms with Crippen LogP contribution in [0.15, 0.2) is 72.8 Å². The molecule has 174 valence electrons. The monoisotopic (exact) mass is 445 g/mol.